The topological polar surface area (TPSA) is 95.3 Å². The van der Waals surface area contributed by atoms with Crippen LogP contribution in [0.2, 0.25) is 0 Å². The lowest BCUT2D eigenvalue weighted by Crippen LogP contribution is -2.32. The fraction of sp³-hybridized carbons (Fsp3) is 0.360. The number of aryl methyl sites for hydroxylation is 1. The second-order valence-corrected chi connectivity index (χ2v) is 8.56. The Labute approximate surface area is 204 Å². The van der Waals surface area contributed by atoms with E-state index in [4.69, 9.17) is 9.47 Å². The van der Waals surface area contributed by atoms with Gasteiger partial charge in [-0.05, 0) is 44.5 Å². The van der Waals surface area contributed by atoms with Crippen LogP contribution in [0.15, 0.2) is 53.7 Å². The average molecular weight is 483 g/mol. The van der Waals surface area contributed by atoms with E-state index in [0.717, 1.165) is 22.5 Å². The first-order chi connectivity index (χ1) is 16.4. The Bertz CT molecular complexity index is 1130. The number of nitrogens with one attached hydrogen (secondary N) is 1. The Morgan fingerprint density at radius 1 is 1.12 bits per heavy atom. The van der Waals surface area contributed by atoms with Crippen LogP contribution in [0.1, 0.15) is 37.4 Å². The van der Waals surface area contributed by atoms with Crippen molar-refractivity contribution in [3.63, 3.8) is 0 Å². The molecule has 3 aromatic rings. The van der Waals surface area contributed by atoms with Gasteiger partial charge in [0.15, 0.2) is 11.0 Å². The number of thioether (sulfide) groups is 1. The number of amides is 1. The average Bonchev–Trinajstić information content (AvgIpc) is 3.25. The fourth-order valence-corrected chi connectivity index (χ4v) is 4.35. The second-order valence-electron chi connectivity index (χ2n) is 7.61. The molecule has 0 saturated carbocycles. The third-order valence-electron chi connectivity index (χ3n) is 5.15. The third-order valence-corrected chi connectivity index (χ3v) is 6.12. The maximum Gasteiger partial charge on any atom is 0.308 e. The van der Waals surface area contributed by atoms with Crippen LogP contribution >= 0.6 is 11.8 Å². The predicted octanol–water partition coefficient (Wildman–Crippen LogP) is 4.18. The summed E-state index contributed by atoms with van der Waals surface area (Å²) in [5, 5.41) is 12.3. The SMILES string of the molecule is CCOC(=O)CC(NC(=O)CSc1nnc(-c2cccc(C)c2)n1CC)c1cccc(OC)c1. The molecule has 3 rings (SSSR count). The molecule has 2 aromatic carbocycles. The minimum atomic E-state index is -0.533. The van der Waals surface area contributed by atoms with Gasteiger partial charge in [-0.3, -0.25) is 9.59 Å². The molecule has 0 radical (unpaired) electrons. The van der Waals surface area contributed by atoms with E-state index in [0.29, 0.717) is 17.5 Å². The summed E-state index contributed by atoms with van der Waals surface area (Å²) in [6, 6.07) is 14.8. The van der Waals surface area contributed by atoms with Gasteiger partial charge in [-0.25, -0.2) is 0 Å². The van der Waals surface area contributed by atoms with Gasteiger partial charge in [0, 0.05) is 12.1 Å². The summed E-state index contributed by atoms with van der Waals surface area (Å²) in [6.07, 6.45) is 0.0278. The summed E-state index contributed by atoms with van der Waals surface area (Å²) in [5.41, 5.74) is 2.89. The van der Waals surface area contributed by atoms with E-state index >= 15 is 0 Å². The molecule has 1 N–H and O–H groups in total. The van der Waals surface area contributed by atoms with Gasteiger partial charge in [0.05, 0.1) is 31.9 Å². The summed E-state index contributed by atoms with van der Waals surface area (Å²) in [7, 11) is 1.57. The number of aromatic nitrogens is 3. The Balaban J connectivity index is 1.71. The minimum absolute atomic E-state index is 0.0278. The molecule has 0 aliphatic carbocycles. The highest BCUT2D eigenvalue weighted by Crippen LogP contribution is 2.26. The minimum Gasteiger partial charge on any atom is -0.497 e. The van der Waals surface area contributed by atoms with Crippen molar-refractivity contribution >= 4 is 23.6 Å². The van der Waals surface area contributed by atoms with Crippen LogP contribution < -0.4 is 10.1 Å². The lowest BCUT2D eigenvalue weighted by atomic mass is 10.0. The molecular weight excluding hydrogens is 452 g/mol. The number of carbonyl (C=O) groups is 2. The van der Waals surface area contributed by atoms with Gasteiger partial charge in [0.1, 0.15) is 5.75 Å². The van der Waals surface area contributed by atoms with Crippen molar-refractivity contribution in [1.82, 2.24) is 20.1 Å². The van der Waals surface area contributed by atoms with Crippen LogP contribution in [0.25, 0.3) is 11.4 Å². The summed E-state index contributed by atoms with van der Waals surface area (Å²) in [5.74, 6) is 0.956. The van der Waals surface area contributed by atoms with Crippen LogP contribution in [-0.4, -0.2) is 46.1 Å². The van der Waals surface area contributed by atoms with Crippen LogP contribution in [0, 0.1) is 6.92 Å². The standard InChI is InChI=1S/C25H30N4O4S/c1-5-29-24(19-11-7-9-17(3)13-19)27-28-25(29)34-16-22(30)26-21(15-23(31)33-6-2)18-10-8-12-20(14-18)32-4/h7-14,21H,5-6,15-16H2,1-4H3,(H,26,30). The van der Waals surface area contributed by atoms with Crippen LogP contribution in [0.5, 0.6) is 5.75 Å². The van der Waals surface area contributed by atoms with Gasteiger partial charge in [0.2, 0.25) is 5.91 Å². The largest absolute Gasteiger partial charge is 0.497 e. The number of nitrogens with zero attached hydrogens (tertiary/aromatic N) is 3. The van der Waals surface area contributed by atoms with Gasteiger partial charge in [-0.1, -0.05) is 47.7 Å². The van der Waals surface area contributed by atoms with E-state index in [1.165, 1.54) is 11.8 Å². The van der Waals surface area contributed by atoms with E-state index in [1.807, 2.05) is 54.8 Å². The molecule has 0 spiro atoms. The molecule has 34 heavy (non-hydrogen) atoms. The van der Waals surface area contributed by atoms with Crippen molar-refractivity contribution in [2.45, 2.75) is 44.9 Å². The van der Waals surface area contributed by atoms with Gasteiger partial charge < -0.3 is 19.4 Å². The highest BCUT2D eigenvalue weighted by Gasteiger charge is 2.21. The van der Waals surface area contributed by atoms with E-state index in [9.17, 15) is 9.59 Å². The van der Waals surface area contributed by atoms with Crippen LogP contribution in [-0.2, 0) is 20.9 Å². The molecule has 1 heterocycles. The monoisotopic (exact) mass is 482 g/mol. The molecule has 180 valence electrons. The van der Waals surface area contributed by atoms with Crippen molar-refractivity contribution in [2.24, 2.45) is 0 Å². The Hall–Kier alpha value is -3.33. The second kappa shape index (κ2) is 12.2. The molecule has 8 nitrogen and oxygen atoms in total. The van der Waals surface area contributed by atoms with E-state index in [-0.39, 0.29) is 30.7 Å². The van der Waals surface area contributed by atoms with Crippen molar-refractivity contribution in [3.05, 3.63) is 59.7 Å². The lowest BCUT2D eigenvalue weighted by molar-refractivity contribution is -0.143. The molecule has 1 amide bonds. The molecule has 1 aromatic heterocycles. The first kappa shape index (κ1) is 25.3. The van der Waals surface area contributed by atoms with Gasteiger partial charge in [-0.15, -0.1) is 10.2 Å². The van der Waals surface area contributed by atoms with Crippen molar-refractivity contribution in [3.8, 4) is 17.1 Å². The predicted molar refractivity (Wildman–Crippen MR) is 132 cm³/mol. The van der Waals surface area contributed by atoms with Crippen LogP contribution in [0.4, 0.5) is 0 Å². The Morgan fingerprint density at radius 3 is 2.62 bits per heavy atom. The number of hydrogen-bond acceptors (Lipinski definition) is 7. The Morgan fingerprint density at radius 2 is 1.91 bits per heavy atom. The summed E-state index contributed by atoms with van der Waals surface area (Å²) in [6.45, 7) is 6.76. The molecule has 1 unspecified atom stereocenters. The number of esters is 1. The quantitative estimate of drug-likeness (QED) is 0.323. The van der Waals surface area contributed by atoms with Crippen LogP contribution in [0.3, 0.4) is 0 Å². The molecule has 0 aliphatic heterocycles. The summed E-state index contributed by atoms with van der Waals surface area (Å²) < 4.78 is 12.4. The van der Waals surface area contributed by atoms with E-state index in [1.54, 1.807) is 20.1 Å². The number of hydrogen-bond donors (Lipinski definition) is 1. The highest BCUT2D eigenvalue weighted by atomic mass is 32.2. The van der Waals surface area contributed by atoms with Crippen molar-refractivity contribution in [1.29, 1.82) is 0 Å². The Kier molecular flexibility index (Phi) is 9.09. The number of carbonyl (C=O) groups excluding carboxylic acids is 2. The number of benzene rings is 2. The molecular formula is C25H30N4O4S. The van der Waals surface area contributed by atoms with E-state index in [2.05, 4.69) is 21.6 Å². The highest BCUT2D eigenvalue weighted by molar-refractivity contribution is 7.99. The van der Waals surface area contributed by atoms with Crippen molar-refractivity contribution < 1.29 is 19.1 Å². The van der Waals surface area contributed by atoms with Crippen molar-refractivity contribution in [2.75, 3.05) is 19.5 Å². The first-order valence-electron chi connectivity index (χ1n) is 11.2. The molecule has 1 atom stereocenters. The molecule has 9 heteroatoms. The smallest absolute Gasteiger partial charge is 0.308 e. The number of rotatable bonds is 11. The molecule has 0 bridgehead atoms. The summed E-state index contributed by atoms with van der Waals surface area (Å²) in [4.78, 5) is 25.0. The van der Waals surface area contributed by atoms with E-state index < -0.39 is 6.04 Å². The zero-order chi connectivity index (χ0) is 24.5. The molecule has 0 saturated heterocycles. The summed E-state index contributed by atoms with van der Waals surface area (Å²) >= 11 is 1.31. The fourth-order valence-electron chi connectivity index (χ4n) is 3.54. The number of ether oxygens (including phenoxy) is 2. The van der Waals surface area contributed by atoms with Gasteiger partial charge >= 0.3 is 5.97 Å². The third kappa shape index (κ3) is 6.60. The maximum atomic E-state index is 12.8. The first-order valence-corrected chi connectivity index (χ1v) is 12.2. The van der Waals surface area contributed by atoms with Gasteiger partial charge in [-0.2, -0.15) is 0 Å². The normalized spacial score (nSPS) is 11.6. The molecule has 0 fully saturated rings. The van der Waals surface area contributed by atoms with Gasteiger partial charge in [0.25, 0.3) is 0 Å². The number of methoxy groups -OCH3 is 1. The maximum absolute atomic E-state index is 12.8. The molecule has 0 aliphatic rings. The zero-order valence-corrected chi connectivity index (χ0v) is 20.7. The lowest BCUT2D eigenvalue weighted by Gasteiger charge is -2.19. The zero-order valence-electron chi connectivity index (χ0n) is 19.9.